The highest BCUT2D eigenvalue weighted by molar-refractivity contribution is 5.71. The summed E-state index contributed by atoms with van der Waals surface area (Å²) in [5.74, 6) is -0.163. The second-order valence-corrected chi connectivity index (χ2v) is 6.85. The highest BCUT2D eigenvalue weighted by Crippen LogP contribution is 2.51. The predicted molar refractivity (Wildman–Crippen MR) is 103 cm³/mol. The summed E-state index contributed by atoms with van der Waals surface area (Å²) in [6.45, 7) is 0.722. The Morgan fingerprint density at radius 2 is 1.76 bits per heavy atom. The van der Waals surface area contributed by atoms with Gasteiger partial charge >= 0.3 is 0 Å². The first-order valence-electron chi connectivity index (χ1n) is 9.04. The highest BCUT2D eigenvalue weighted by atomic mass is 19.2. The summed E-state index contributed by atoms with van der Waals surface area (Å²) in [6.07, 6.45) is 3.33. The molecule has 0 unspecified atom stereocenters. The second-order valence-electron chi connectivity index (χ2n) is 6.85. The van der Waals surface area contributed by atoms with Crippen molar-refractivity contribution in [1.82, 2.24) is 4.98 Å². The molecule has 29 heavy (non-hydrogen) atoms. The van der Waals surface area contributed by atoms with Crippen LogP contribution in [0, 0.1) is 11.6 Å². The number of aliphatic imine (C=N–C) groups is 1. The maximum absolute atomic E-state index is 13.8. The first-order chi connectivity index (χ1) is 14.1. The molecule has 1 aromatic heterocycles. The van der Waals surface area contributed by atoms with Crippen molar-refractivity contribution in [2.24, 2.45) is 4.99 Å². The molecule has 7 heteroatoms. The van der Waals surface area contributed by atoms with Crippen LogP contribution in [-0.2, 0) is 10.3 Å². The van der Waals surface area contributed by atoms with Gasteiger partial charge in [0, 0.05) is 23.4 Å². The molecule has 1 atom stereocenters. The molecule has 3 aromatic rings. The summed E-state index contributed by atoms with van der Waals surface area (Å²) in [5, 5.41) is 0. The number of nitrogens with zero attached hydrogens (tertiary/aromatic N) is 2. The van der Waals surface area contributed by atoms with Gasteiger partial charge < -0.3 is 14.2 Å². The number of methoxy groups -OCH3 is 1. The Bertz CT molecular complexity index is 1150. The van der Waals surface area contributed by atoms with E-state index in [0.29, 0.717) is 36.2 Å². The average molecular weight is 394 g/mol. The average Bonchev–Trinajstić information content (AvgIpc) is 2.76. The number of rotatable bonds is 2. The number of benzene rings is 2. The molecular weight excluding hydrogens is 378 g/mol. The zero-order valence-corrected chi connectivity index (χ0v) is 15.5. The Morgan fingerprint density at radius 3 is 2.52 bits per heavy atom. The smallest absolute Gasteiger partial charge is 0.213 e. The van der Waals surface area contributed by atoms with Crippen molar-refractivity contribution >= 4 is 6.21 Å². The summed E-state index contributed by atoms with van der Waals surface area (Å²) in [6, 6.07) is 11.1. The van der Waals surface area contributed by atoms with Crippen LogP contribution in [-0.4, -0.2) is 31.5 Å². The highest BCUT2D eigenvalue weighted by Gasteiger charge is 2.44. The Morgan fingerprint density at radius 1 is 0.966 bits per heavy atom. The molecule has 0 amide bonds. The maximum Gasteiger partial charge on any atom is 0.213 e. The fourth-order valence-corrected chi connectivity index (χ4v) is 3.79. The molecule has 5 nitrogen and oxygen atoms in total. The zero-order valence-electron chi connectivity index (χ0n) is 15.5. The van der Waals surface area contributed by atoms with Gasteiger partial charge in [-0.1, -0.05) is 12.1 Å². The van der Waals surface area contributed by atoms with Gasteiger partial charge in [0.05, 0.1) is 26.5 Å². The van der Waals surface area contributed by atoms with E-state index in [0.717, 1.165) is 22.8 Å². The van der Waals surface area contributed by atoms with Gasteiger partial charge in [-0.2, -0.15) is 0 Å². The van der Waals surface area contributed by atoms with E-state index in [-0.39, 0.29) is 0 Å². The van der Waals surface area contributed by atoms with E-state index in [1.165, 1.54) is 12.1 Å². The Kier molecular flexibility index (Phi) is 4.06. The minimum Gasteiger partial charge on any atom is -0.481 e. The lowest BCUT2D eigenvalue weighted by Gasteiger charge is -2.38. The lowest BCUT2D eigenvalue weighted by Crippen LogP contribution is -2.37. The molecule has 0 saturated heterocycles. The number of aromatic nitrogens is 1. The number of hydrogen-bond acceptors (Lipinski definition) is 5. The molecule has 2 aliphatic rings. The van der Waals surface area contributed by atoms with Gasteiger partial charge in [0.1, 0.15) is 11.3 Å². The van der Waals surface area contributed by atoms with Crippen molar-refractivity contribution in [3.63, 3.8) is 0 Å². The van der Waals surface area contributed by atoms with E-state index in [4.69, 9.17) is 19.2 Å². The summed E-state index contributed by atoms with van der Waals surface area (Å²) >= 11 is 0. The van der Waals surface area contributed by atoms with Gasteiger partial charge in [-0.25, -0.2) is 13.8 Å². The summed E-state index contributed by atoms with van der Waals surface area (Å²) in [5.41, 5.74) is 1.98. The molecule has 0 fully saturated rings. The van der Waals surface area contributed by atoms with Gasteiger partial charge in [-0.15, -0.1) is 0 Å². The lowest BCUT2D eigenvalue weighted by atomic mass is 9.80. The number of halogens is 2. The van der Waals surface area contributed by atoms with E-state index < -0.39 is 17.2 Å². The van der Waals surface area contributed by atoms with Crippen molar-refractivity contribution in [3.05, 3.63) is 71.4 Å². The van der Waals surface area contributed by atoms with Crippen LogP contribution in [0.5, 0.6) is 17.4 Å². The van der Waals surface area contributed by atoms with Crippen molar-refractivity contribution in [1.29, 1.82) is 0 Å². The number of pyridine rings is 1. The van der Waals surface area contributed by atoms with Crippen LogP contribution in [0.4, 0.5) is 8.78 Å². The first kappa shape index (κ1) is 17.8. The van der Waals surface area contributed by atoms with Crippen LogP contribution >= 0.6 is 0 Å². The molecular formula is C22H16F2N2O3. The lowest BCUT2D eigenvalue weighted by molar-refractivity contribution is 0.113. The van der Waals surface area contributed by atoms with Crippen molar-refractivity contribution in [2.45, 2.75) is 5.54 Å². The monoisotopic (exact) mass is 394 g/mol. The summed E-state index contributed by atoms with van der Waals surface area (Å²) in [7, 11) is 1.54. The molecule has 146 valence electrons. The van der Waals surface area contributed by atoms with Gasteiger partial charge in [0.15, 0.2) is 17.4 Å². The molecule has 3 heterocycles. The maximum atomic E-state index is 13.8. The first-order valence-corrected chi connectivity index (χ1v) is 9.04. The topological polar surface area (TPSA) is 52.9 Å². The molecule has 5 rings (SSSR count). The van der Waals surface area contributed by atoms with E-state index in [2.05, 4.69) is 4.98 Å². The molecule has 0 saturated carbocycles. The van der Waals surface area contributed by atoms with Crippen LogP contribution in [0.3, 0.4) is 0 Å². The second kappa shape index (κ2) is 6.63. The van der Waals surface area contributed by atoms with Crippen LogP contribution < -0.4 is 9.47 Å². The minimum absolute atomic E-state index is 0.307. The Hall–Kier alpha value is -3.32. The minimum atomic E-state index is -0.897. The largest absolute Gasteiger partial charge is 0.481 e. The molecule has 0 bridgehead atoms. The standard InChI is InChI=1S/C22H16F2N2O3/c1-27-21-10-16-20(11-25-21)29-19-5-3-13(14-2-4-17(23)18(24)9-14)8-15(19)22(16)12-28-7-6-26-22/h2-6,8-11H,7,12H2,1H3/t22-/m0/s1. The van der Waals surface area contributed by atoms with Gasteiger partial charge in [0.2, 0.25) is 5.88 Å². The fraction of sp³-hybridized carbons (Fsp3) is 0.182. The van der Waals surface area contributed by atoms with Crippen LogP contribution in [0.15, 0.2) is 53.7 Å². The van der Waals surface area contributed by atoms with Crippen LogP contribution in [0.2, 0.25) is 0 Å². The summed E-state index contributed by atoms with van der Waals surface area (Å²) < 4.78 is 44.2. The quantitative estimate of drug-likeness (QED) is 0.643. The van der Waals surface area contributed by atoms with Gasteiger partial charge in [-0.3, -0.25) is 4.99 Å². The van der Waals surface area contributed by atoms with E-state index in [1.807, 2.05) is 6.07 Å². The Labute approximate surface area is 165 Å². The number of ether oxygens (including phenoxy) is 3. The number of hydrogen-bond donors (Lipinski definition) is 0. The molecule has 2 aromatic carbocycles. The van der Waals surface area contributed by atoms with E-state index in [1.54, 1.807) is 37.7 Å². The SMILES string of the molecule is COc1cc2c(cn1)Oc1ccc(-c3ccc(F)c(F)c3)cc1[C@@]21COCC=N1. The third kappa shape index (κ3) is 2.77. The van der Waals surface area contributed by atoms with Crippen LogP contribution in [0.1, 0.15) is 11.1 Å². The van der Waals surface area contributed by atoms with Gasteiger partial charge in [0.25, 0.3) is 0 Å². The van der Waals surface area contributed by atoms with Crippen LogP contribution in [0.25, 0.3) is 11.1 Å². The molecule has 0 aliphatic carbocycles. The van der Waals surface area contributed by atoms with Crippen molar-refractivity contribution in [2.75, 3.05) is 20.3 Å². The predicted octanol–water partition coefficient (Wildman–Crippen LogP) is 4.49. The van der Waals surface area contributed by atoms with Crippen molar-refractivity contribution in [3.8, 4) is 28.5 Å². The van der Waals surface area contributed by atoms with Gasteiger partial charge in [-0.05, 0) is 35.4 Å². The number of fused-ring (bicyclic) bond motifs is 4. The molecule has 2 aliphatic heterocycles. The van der Waals surface area contributed by atoms with E-state index in [9.17, 15) is 8.78 Å². The third-order valence-corrected chi connectivity index (χ3v) is 5.21. The molecule has 0 N–H and O–H groups in total. The van der Waals surface area contributed by atoms with Crippen molar-refractivity contribution < 1.29 is 23.0 Å². The normalized spacial score (nSPS) is 19.4. The molecule has 0 radical (unpaired) electrons. The fourth-order valence-electron chi connectivity index (χ4n) is 3.79. The third-order valence-electron chi connectivity index (χ3n) is 5.21. The summed E-state index contributed by atoms with van der Waals surface area (Å²) in [4.78, 5) is 9.02. The van der Waals surface area contributed by atoms with E-state index >= 15 is 0 Å². The Balaban J connectivity index is 1.71. The zero-order chi connectivity index (χ0) is 20.0. The molecule has 1 spiro atoms.